The minimum absolute atomic E-state index is 0.0104. The molecule has 1 saturated heterocycles. The fraction of sp³-hybridized carbons (Fsp3) is 0.500. The highest BCUT2D eigenvalue weighted by Gasteiger charge is 2.26. The first kappa shape index (κ1) is 15.5. The van der Waals surface area contributed by atoms with Crippen LogP contribution in [0.2, 0.25) is 0 Å². The number of hydrogen-bond acceptors (Lipinski definition) is 3. The largest absolute Gasteiger partial charge is 0.481 e. The highest BCUT2D eigenvalue weighted by molar-refractivity contribution is 5.95. The molecule has 1 fully saturated rings. The summed E-state index contributed by atoms with van der Waals surface area (Å²) in [6.07, 6.45) is 2.46. The maximum Gasteiger partial charge on any atom is 0.303 e. The summed E-state index contributed by atoms with van der Waals surface area (Å²) in [5.41, 5.74) is 0.846. The van der Waals surface area contributed by atoms with Gasteiger partial charge in [0.25, 0.3) is 0 Å². The molecule has 5 nitrogen and oxygen atoms in total. The van der Waals surface area contributed by atoms with Crippen molar-refractivity contribution in [1.29, 1.82) is 0 Å². The number of hydrogen-bond donors (Lipinski definition) is 2. The smallest absolute Gasteiger partial charge is 0.303 e. The van der Waals surface area contributed by atoms with Crippen LogP contribution in [0.25, 0.3) is 0 Å². The van der Waals surface area contributed by atoms with E-state index in [-0.39, 0.29) is 18.2 Å². The minimum Gasteiger partial charge on any atom is -0.481 e. The first-order chi connectivity index (χ1) is 10.2. The Bertz CT molecular complexity index is 470. The van der Waals surface area contributed by atoms with Gasteiger partial charge in [0.1, 0.15) is 0 Å². The molecule has 1 aromatic rings. The number of nitrogens with zero attached hydrogens (tertiary/aromatic N) is 1. The molecular weight excluding hydrogens is 268 g/mol. The number of carboxylic acid groups (broad SMARTS) is 1. The van der Waals surface area contributed by atoms with E-state index in [4.69, 9.17) is 5.11 Å². The quantitative estimate of drug-likeness (QED) is 0.839. The van der Waals surface area contributed by atoms with Gasteiger partial charge in [-0.1, -0.05) is 18.2 Å². The lowest BCUT2D eigenvalue weighted by Crippen LogP contribution is -2.43. The van der Waals surface area contributed by atoms with Crippen molar-refractivity contribution in [3.8, 4) is 0 Å². The predicted octanol–water partition coefficient (Wildman–Crippen LogP) is 1.88. The number of carbonyl (C=O) groups excluding carboxylic acids is 1. The molecule has 0 radical (unpaired) electrons. The predicted molar refractivity (Wildman–Crippen MR) is 81.3 cm³/mol. The number of rotatable bonds is 6. The number of amides is 1. The topological polar surface area (TPSA) is 69.6 Å². The van der Waals surface area contributed by atoms with E-state index in [0.717, 1.165) is 25.1 Å². The van der Waals surface area contributed by atoms with E-state index >= 15 is 0 Å². The van der Waals surface area contributed by atoms with Crippen molar-refractivity contribution in [3.05, 3.63) is 30.3 Å². The molecule has 5 heteroatoms. The average Bonchev–Trinajstić information content (AvgIpc) is 2.52. The van der Waals surface area contributed by atoms with Gasteiger partial charge < -0.3 is 15.3 Å². The number of para-hydroxylation sites is 1. The first-order valence-corrected chi connectivity index (χ1v) is 7.47. The zero-order chi connectivity index (χ0) is 15.1. The Morgan fingerprint density at radius 3 is 2.67 bits per heavy atom. The highest BCUT2D eigenvalue weighted by Crippen LogP contribution is 2.20. The monoisotopic (exact) mass is 290 g/mol. The van der Waals surface area contributed by atoms with Crippen molar-refractivity contribution >= 4 is 17.6 Å². The van der Waals surface area contributed by atoms with Crippen molar-refractivity contribution in [2.45, 2.75) is 25.7 Å². The van der Waals surface area contributed by atoms with Crippen LogP contribution >= 0.6 is 0 Å². The third kappa shape index (κ3) is 4.56. The molecule has 0 aromatic heterocycles. The molecule has 1 heterocycles. The van der Waals surface area contributed by atoms with E-state index in [1.165, 1.54) is 0 Å². The fourth-order valence-electron chi connectivity index (χ4n) is 2.65. The molecule has 114 valence electrons. The van der Waals surface area contributed by atoms with Crippen LogP contribution in [-0.4, -0.2) is 36.6 Å². The van der Waals surface area contributed by atoms with Crippen LogP contribution in [0.1, 0.15) is 25.7 Å². The second kappa shape index (κ2) is 7.78. The lowest BCUT2D eigenvalue weighted by atomic mass is 9.97. The van der Waals surface area contributed by atoms with Crippen molar-refractivity contribution in [2.24, 2.45) is 5.92 Å². The lowest BCUT2D eigenvalue weighted by Gasteiger charge is -2.29. The van der Waals surface area contributed by atoms with Gasteiger partial charge >= 0.3 is 5.97 Å². The summed E-state index contributed by atoms with van der Waals surface area (Å²) >= 11 is 0. The van der Waals surface area contributed by atoms with Crippen molar-refractivity contribution < 1.29 is 14.7 Å². The summed E-state index contributed by atoms with van der Waals surface area (Å²) in [5, 5.41) is 12.0. The van der Waals surface area contributed by atoms with Gasteiger partial charge in [-0.05, 0) is 37.9 Å². The molecule has 1 aromatic carbocycles. The Kier molecular flexibility index (Phi) is 5.75. The Balaban J connectivity index is 2.06. The number of aliphatic carboxylic acids is 1. The summed E-state index contributed by atoms with van der Waals surface area (Å²) in [4.78, 5) is 25.1. The molecule has 0 saturated carbocycles. The van der Waals surface area contributed by atoms with Gasteiger partial charge in [-0.15, -0.1) is 0 Å². The molecule has 2 N–H and O–H groups in total. The van der Waals surface area contributed by atoms with Gasteiger partial charge in [-0.2, -0.15) is 0 Å². The number of nitrogens with one attached hydrogen (secondary N) is 1. The van der Waals surface area contributed by atoms with Crippen molar-refractivity contribution in [3.63, 3.8) is 0 Å². The van der Waals surface area contributed by atoms with Crippen molar-refractivity contribution in [2.75, 3.05) is 24.5 Å². The van der Waals surface area contributed by atoms with Gasteiger partial charge in [-0.25, -0.2) is 0 Å². The van der Waals surface area contributed by atoms with E-state index < -0.39 is 5.97 Å². The van der Waals surface area contributed by atoms with Gasteiger partial charge in [0.2, 0.25) is 5.91 Å². The van der Waals surface area contributed by atoms with Gasteiger partial charge in [0.15, 0.2) is 0 Å². The molecule has 0 bridgehead atoms. The molecule has 0 aliphatic carbocycles. The zero-order valence-electron chi connectivity index (χ0n) is 12.1. The summed E-state index contributed by atoms with van der Waals surface area (Å²) < 4.78 is 0. The molecule has 1 aliphatic heterocycles. The van der Waals surface area contributed by atoms with Gasteiger partial charge in [0.05, 0.1) is 5.92 Å². The molecular formula is C16H22N2O3. The van der Waals surface area contributed by atoms with Crippen LogP contribution < -0.4 is 10.2 Å². The molecule has 1 unspecified atom stereocenters. The minimum atomic E-state index is -0.824. The SMILES string of the molecule is O=C(O)CCCN(C(=O)C1CCCNC1)c1ccccc1. The molecule has 21 heavy (non-hydrogen) atoms. The Morgan fingerprint density at radius 2 is 2.05 bits per heavy atom. The number of piperidine rings is 1. The second-order valence-electron chi connectivity index (χ2n) is 5.37. The average molecular weight is 290 g/mol. The molecule has 2 rings (SSSR count). The van der Waals surface area contributed by atoms with Gasteiger partial charge in [0, 0.05) is 25.2 Å². The molecule has 0 spiro atoms. The normalized spacial score (nSPS) is 18.2. The van der Waals surface area contributed by atoms with E-state index in [0.29, 0.717) is 19.5 Å². The summed E-state index contributed by atoms with van der Waals surface area (Å²) in [6, 6.07) is 9.49. The van der Waals surface area contributed by atoms with Crippen LogP contribution in [0.5, 0.6) is 0 Å². The molecule has 1 aliphatic rings. The van der Waals surface area contributed by atoms with E-state index in [9.17, 15) is 9.59 Å². The lowest BCUT2D eigenvalue weighted by molar-refractivity contribution is -0.137. The summed E-state index contributed by atoms with van der Waals surface area (Å²) in [7, 11) is 0. The Hall–Kier alpha value is -1.88. The maximum absolute atomic E-state index is 12.7. The van der Waals surface area contributed by atoms with E-state index in [2.05, 4.69) is 5.32 Å². The number of benzene rings is 1. The second-order valence-corrected chi connectivity index (χ2v) is 5.37. The maximum atomic E-state index is 12.7. The number of carbonyl (C=O) groups is 2. The standard InChI is InChI=1S/C16H22N2O3/c19-15(20)9-5-11-18(14-7-2-1-3-8-14)16(21)13-6-4-10-17-12-13/h1-3,7-8,13,17H,4-6,9-12H2,(H,19,20). The highest BCUT2D eigenvalue weighted by atomic mass is 16.4. The van der Waals surface area contributed by atoms with E-state index in [1.54, 1.807) is 4.90 Å². The van der Waals surface area contributed by atoms with Crippen LogP contribution in [0.15, 0.2) is 30.3 Å². The van der Waals surface area contributed by atoms with E-state index in [1.807, 2.05) is 30.3 Å². The Labute approximate surface area is 125 Å². The first-order valence-electron chi connectivity index (χ1n) is 7.47. The number of anilines is 1. The third-order valence-corrected chi connectivity index (χ3v) is 3.75. The number of carboxylic acids is 1. The molecule has 1 atom stereocenters. The fourth-order valence-corrected chi connectivity index (χ4v) is 2.65. The van der Waals surface area contributed by atoms with Crippen LogP contribution in [0.3, 0.4) is 0 Å². The summed E-state index contributed by atoms with van der Waals surface area (Å²) in [5.74, 6) is -0.739. The zero-order valence-corrected chi connectivity index (χ0v) is 12.1. The third-order valence-electron chi connectivity index (χ3n) is 3.75. The van der Waals surface area contributed by atoms with Gasteiger partial charge in [-0.3, -0.25) is 9.59 Å². The van der Waals surface area contributed by atoms with Crippen LogP contribution in [0, 0.1) is 5.92 Å². The van der Waals surface area contributed by atoms with Crippen LogP contribution in [-0.2, 0) is 9.59 Å². The Morgan fingerprint density at radius 1 is 1.29 bits per heavy atom. The summed E-state index contributed by atoms with van der Waals surface area (Å²) in [6.45, 7) is 2.13. The van der Waals surface area contributed by atoms with Crippen LogP contribution in [0.4, 0.5) is 5.69 Å². The van der Waals surface area contributed by atoms with Crippen molar-refractivity contribution in [1.82, 2.24) is 5.32 Å². The molecule has 1 amide bonds.